The van der Waals surface area contributed by atoms with Gasteiger partial charge in [0.25, 0.3) is 0 Å². The van der Waals surface area contributed by atoms with E-state index in [9.17, 15) is 0 Å². The van der Waals surface area contributed by atoms with Crippen molar-refractivity contribution in [3.8, 4) is 0 Å². The van der Waals surface area contributed by atoms with Gasteiger partial charge in [-0.1, -0.05) is 13.3 Å². The lowest BCUT2D eigenvalue weighted by Crippen LogP contribution is -2.54. The summed E-state index contributed by atoms with van der Waals surface area (Å²) in [6.07, 6.45) is 5.48. The van der Waals surface area contributed by atoms with Gasteiger partial charge in [-0.2, -0.15) is 0 Å². The van der Waals surface area contributed by atoms with E-state index in [4.69, 9.17) is 0 Å². The monoisotopic (exact) mass is 225 g/mol. The predicted molar refractivity (Wildman–Crippen MR) is 68.8 cm³/mol. The van der Waals surface area contributed by atoms with Crippen LogP contribution in [0.15, 0.2) is 0 Å². The van der Waals surface area contributed by atoms with Crippen LogP contribution in [0.25, 0.3) is 0 Å². The van der Waals surface area contributed by atoms with E-state index in [0.717, 1.165) is 12.1 Å². The van der Waals surface area contributed by atoms with Gasteiger partial charge in [-0.25, -0.2) is 0 Å². The van der Waals surface area contributed by atoms with Gasteiger partial charge in [-0.05, 0) is 32.9 Å². The second-order valence-electron chi connectivity index (χ2n) is 5.45. The number of nitrogens with one attached hydrogen (secondary N) is 1. The SMILES string of the molecule is CCC1CN(CC2CCCCN2C)CCN1. The van der Waals surface area contributed by atoms with Crippen LogP contribution in [0.2, 0.25) is 0 Å². The molecule has 2 heterocycles. The highest BCUT2D eigenvalue weighted by Gasteiger charge is 2.24. The summed E-state index contributed by atoms with van der Waals surface area (Å²) in [5, 5.41) is 3.59. The molecule has 0 aromatic carbocycles. The molecule has 0 aromatic heterocycles. The highest BCUT2D eigenvalue weighted by molar-refractivity contribution is 4.83. The van der Waals surface area contributed by atoms with E-state index in [1.165, 1.54) is 58.4 Å². The summed E-state index contributed by atoms with van der Waals surface area (Å²) in [5.74, 6) is 0. The van der Waals surface area contributed by atoms with E-state index in [1.807, 2.05) is 0 Å². The highest BCUT2D eigenvalue weighted by atomic mass is 15.2. The highest BCUT2D eigenvalue weighted by Crippen LogP contribution is 2.16. The first-order valence-corrected chi connectivity index (χ1v) is 6.95. The summed E-state index contributed by atoms with van der Waals surface area (Å²) >= 11 is 0. The largest absolute Gasteiger partial charge is 0.311 e. The maximum Gasteiger partial charge on any atom is 0.0220 e. The molecular weight excluding hydrogens is 198 g/mol. The zero-order valence-corrected chi connectivity index (χ0v) is 10.9. The molecule has 2 aliphatic heterocycles. The Labute approximate surface area is 100 Å². The number of piperidine rings is 1. The average Bonchev–Trinajstić information content (AvgIpc) is 2.32. The van der Waals surface area contributed by atoms with Crippen molar-refractivity contribution in [3.05, 3.63) is 0 Å². The third-order valence-corrected chi connectivity index (χ3v) is 4.22. The van der Waals surface area contributed by atoms with Crippen molar-refractivity contribution >= 4 is 0 Å². The minimum absolute atomic E-state index is 0.725. The molecule has 2 unspecified atom stereocenters. The Morgan fingerprint density at radius 2 is 2.12 bits per heavy atom. The normalized spacial score (nSPS) is 34.1. The second kappa shape index (κ2) is 5.99. The Kier molecular flexibility index (Phi) is 4.62. The first kappa shape index (κ1) is 12.3. The van der Waals surface area contributed by atoms with Gasteiger partial charge in [0.1, 0.15) is 0 Å². The van der Waals surface area contributed by atoms with Crippen molar-refractivity contribution in [2.45, 2.75) is 44.7 Å². The lowest BCUT2D eigenvalue weighted by molar-refractivity contribution is 0.108. The molecule has 2 rings (SSSR count). The number of hydrogen-bond donors (Lipinski definition) is 1. The fourth-order valence-electron chi connectivity index (χ4n) is 3.01. The lowest BCUT2D eigenvalue weighted by atomic mass is 10.0. The van der Waals surface area contributed by atoms with E-state index in [2.05, 4.69) is 29.1 Å². The number of likely N-dealkylation sites (tertiary alicyclic amines) is 1. The van der Waals surface area contributed by atoms with Gasteiger partial charge in [-0.3, -0.25) is 4.90 Å². The predicted octanol–water partition coefficient (Wildman–Crippen LogP) is 1.15. The van der Waals surface area contributed by atoms with Crippen LogP contribution in [0.4, 0.5) is 0 Å². The Morgan fingerprint density at radius 1 is 1.25 bits per heavy atom. The Hall–Kier alpha value is -0.120. The zero-order valence-electron chi connectivity index (χ0n) is 10.9. The topological polar surface area (TPSA) is 18.5 Å². The van der Waals surface area contributed by atoms with Crippen LogP contribution in [0, 0.1) is 0 Å². The molecule has 0 aromatic rings. The van der Waals surface area contributed by atoms with Crippen LogP contribution in [-0.4, -0.2) is 61.7 Å². The maximum atomic E-state index is 3.59. The van der Waals surface area contributed by atoms with Crippen LogP contribution >= 0.6 is 0 Å². The first-order chi connectivity index (χ1) is 7.79. The van der Waals surface area contributed by atoms with Gasteiger partial charge < -0.3 is 10.2 Å². The fraction of sp³-hybridized carbons (Fsp3) is 1.00. The summed E-state index contributed by atoms with van der Waals surface area (Å²) in [5.41, 5.74) is 0. The Bertz CT molecular complexity index is 207. The molecule has 0 amide bonds. The fourth-order valence-corrected chi connectivity index (χ4v) is 3.01. The van der Waals surface area contributed by atoms with Crippen LogP contribution < -0.4 is 5.32 Å². The molecule has 2 saturated heterocycles. The summed E-state index contributed by atoms with van der Waals surface area (Å²) < 4.78 is 0. The summed E-state index contributed by atoms with van der Waals surface area (Å²) in [7, 11) is 2.29. The maximum absolute atomic E-state index is 3.59. The molecule has 2 aliphatic rings. The summed E-state index contributed by atoms with van der Waals surface area (Å²) in [6, 6.07) is 1.53. The van der Waals surface area contributed by atoms with Gasteiger partial charge in [0, 0.05) is 38.3 Å². The molecule has 0 bridgehead atoms. The van der Waals surface area contributed by atoms with Gasteiger partial charge in [0.2, 0.25) is 0 Å². The second-order valence-corrected chi connectivity index (χ2v) is 5.45. The van der Waals surface area contributed by atoms with Crippen molar-refractivity contribution in [1.29, 1.82) is 0 Å². The van der Waals surface area contributed by atoms with Gasteiger partial charge >= 0.3 is 0 Å². The number of hydrogen-bond acceptors (Lipinski definition) is 3. The molecule has 0 radical (unpaired) electrons. The van der Waals surface area contributed by atoms with E-state index in [0.29, 0.717) is 0 Å². The van der Waals surface area contributed by atoms with Crippen LogP contribution in [-0.2, 0) is 0 Å². The van der Waals surface area contributed by atoms with Crippen LogP contribution in [0.3, 0.4) is 0 Å². The van der Waals surface area contributed by atoms with Crippen molar-refractivity contribution in [1.82, 2.24) is 15.1 Å². The molecule has 0 aliphatic carbocycles. The Morgan fingerprint density at radius 3 is 2.88 bits per heavy atom. The summed E-state index contributed by atoms with van der Waals surface area (Å²) in [6.45, 7) is 8.53. The van der Waals surface area contributed by atoms with E-state index < -0.39 is 0 Å². The molecule has 0 saturated carbocycles. The average molecular weight is 225 g/mol. The molecule has 2 fully saturated rings. The number of rotatable bonds is 3. The van der Waals surface area contributed by atoms with Gasteiger partial charge in [0.05, 0.1) is 0 Å². The standard InChI is InChI=1S/C13H27N3/c1-3-12-10-16(9-7-14-12)11-13-6-4-5-8-15(13)2/h12-14H,3-11H2,1-2H3. The Balaban J connectivity index is 1.79. The number of likely N-dealkylation sites (N-methyl/N-ethyl adjacent to an activating group) is 1. The molecule has 2 atom stereocenters. The van der Waals surface area contributed by atoms with Crippen LogP contribution in [0.1, 0.15) is 32.6 Å². The van der Waals surface area contributed by atoms with Crippen molar-refractivity contribution in [3.63, 3.8) is 0 Å². The molecule has 1 N–H and O–H groups in total. The molecule has 0 spiro atoms. The first-order valence-electron chi connectivity index (χ1n) is 6.95. The van der Waals surface area contributed by atoms with E-state index >= 15 is 0 Å². The lowest BCUT2D eigenvalue weighted by Gasteiger charge is -2.39. The van der Waals surface area contributed by atoms with Crippen molar-refractivity contribution in [2.24, 2.45) is 0 Å². The third kappa shape index (κ3) is 3.19. The number of nitrogens with zero attached hydrogens (tertiary/aromatic N) is 2. The summed E-state index contributed by atoms with van der Waals surface area (Å²) in [4.78, 5) is 5.23. The zero-order chi connectivity index (χ0) is 11.4. The van der Waals surface area contributed by atoms with Gasteiger partial charge in [-0.15, -0.1) is 0 Å². The van der Waals surface area contributed by atoms with Crippen molar-refractivity contribution in [2.75, 3.05) is 39.8 Å². The minimum Gasteiger partial charge on any atom is -0.311 e. The molecule has 16 heavy (non-hydrogen) atoms. The van der Waals surface area contributed by atoms with Crippen LogP contribution in [0.5, 0.6) is 0 Å². The molecule has 3 heteroatoms. The quantitative estimate of drug-likeness (QED) is 0.777. The van der Waals surface area contributed by atoms with Crippen molar-refractivity contribution < 1.29 is 0 Å². The van der Waals surface area contributed by atoms with E-state index in [1.54, 1.807) is 0 Å². The number of piperazine rings is 1. The molecular formula is C13H27N3. The minimum atomic E-state index is 0.725. The van der Waals surface area contributed by atoms with Gasteiger partial charge in [0.15, 0.2) is 0 Å². The van der Waals surface area contributed by atoms with E-state index in [-0.39, 0.29) is 0 Å². The third-order valence-electron chi connectivity index (χ3n) is 4.22. The smallest absolute Gasteiger partial charge is 0.0220 e. The molecule has 94 valence electrons. The molecule has 3 nitrogen and oxygen atoms in total.